The van der Waals surface area contributed by atoms with Crippen molar-refractivity contribution >= 4 is 11.5 Å². The molecule has 0 unspecified atom stereocenters. The SMILES string of the molecule is CO[C@@H]1[C@H](OC)[C@@H](OC)C=C2c3cc4c(cc3C(=O)N(C)[C@H]21)OCO4. The van der Waals surface area contributed by atoms with E-state index in [0.29, 0.717) is 17.1 Å². The molecule has 7 heteroatoms. The van der Waals surface area contributed by atoms with Gasteiger partial charge in [0.25, 0.3) is 5.91 Å². The summed E-state index contributed by atoms with van der Waals surface area (Å²) in [6, 6.07) is 3.36. The Bertz CT molecular complexity index is 745. The topological polar surface area (TPSA) is 66.5 Å². The van der Waals surface area contributed by atoms with Crippen LogP contribution in [-0.4, -0.2) is 70.3 Å². The van der Waals surface area contributed by atoms with Crippen molar-refractivity contribution in [1.29, 1.82) is 0 Å². The third kappa shape index (κ3) is 2.27. The van der Waals surface area contributed by atoms with E-state index in [1.807, 2.05) is 12.1 Å². The first-order chi connectivity index (χ1) is 12.1. The minimum Gasteiger partial charge on any atom is -0.454 e. The Hall–Kier alpha value is -2.09. The van der Waals surface area contributed by atoms with Crippen LogP contribution in [0.3, 0.4) is 0 Å². The van der Waals surface area contributed by atoms with Crippen molar-refractivity contribution in [1.82, 2.24) is 4.90 Å². The van der Waals surface area contributed by atoms with Crippen molar-refractivity contribution in [3.63, 3.8) is 0 Å². The molecule has 2 heterocycles. The molecular weight excluding hydrogens is 326 g/mol. The van der Waals surface area contributed by atoms with Gasteiger partial charge in [0, 0.05) is 28.4 Å². The highest BCUT2D eigenvalue weighted by Crippen LogP contribution is 2.44. The Labute approximate surface area is 146 Å². The van der Waals surface area contributed by atoms with Crippen molar-refractivity contribution in [2.45, 2.75) is 24.4 Å². The van der Waals surface area contributed by atoms with E-state index in [1.165, 1.54) is 0 Å². The lowest BCUT2D eigenvalue weighted by molar-refractivity contribution is -0.111. The average molecular weight is 347 g/mol. The van der Waals surface area contributed by atoms with Crippen LogP contribution in [0.25, 0.3) is 5.57 Å². The maximum atomic E-state index is 13.0. The van der Waals surface area contributed by atoms with Gasteiger partial charge in [-0.3, -0.25) is 4.79 Å². The van der Waals surface area contributed by atoms with Crippen LogP contribution < -0.4 is 9.47 Å². The Morgan fingerprint density at radius 3 is 2.24 bits per heavy atom. The summed E-state index contributed by atoms with van der Waals surface area (Å²) in [6.07, 6.45) is 1.08. The van der Waals surface area contributed by atoms with Gasteiger partial charge in [-0.25, -0.2) is 0 Å². The van der Waals surface area contributed by atoms with Gasteiger partial charge < -0.3 is 28.6 Å². The van der Waals surface area contributed by atoms with Gasteiger partial charge in [0.2, 0.25) is 6.79 Å². The Balaban J connectivity index is 1.91. The lowest BCUT2D eigenvalue weighted by Gasteiger charge is -2.46. The van der Waals surface area contributed by atoms with E-state index in [9.17, 15) is 4.79 Å². The number of rotatable bonds is 3. The summed E-state index contributed by atoms with van der Waals surface area (Å²) in [6.45, 7) is 0.165. The smallest absolute Gasteiger partial charge is 0.254 e. The fourth-order valence-electron chi connectivity index (χ4n) is 4.00. The number of carbonyl (C=O) groups excluding carboxylic acids is 1. The van der Waals surface area contributed by atoms with Gasteiger partial charge in [-0.05, 0) is 29.3 Å². The van der Waals surface area contributed by atoms with E-state index in [2.05, 4.69) is 0 Å². The van der Waals surface area contributed by atoms with Crippen LogP contribution in [0.4, 0.5) is 0 Å². The summed E-state index contributed by atoms with van der Waals surface area (Å²) < 4.78 is 27.9. The molecule has 1 aromatic rings. The third-order valence-electron chi connectivity index (χ3n) is 5.23. The fourth-order valence-corrected chi connectivity index (χ4v) is 4.00. The molecule has 0 spiro atoms. The maximum Gasteiger partial charge on any atom is 0.254 e. The molecule has 3 aliphatic rings. The first-order valence-corrected chi connectivity index (χ1v) is 8.12. The lowest BCUT2D eigenvalue weighted by atomic mass is 9.78. The van der Waals surface area contributed by atoms with Crippen molar-refractivity contribution in [2.75, 3.05) is 35.2 Å². The van der Waals surface area contributed by atoms with Crippen LogP contribution in [-0.2, 0) is 14.2 Å². The van der Waals surface area contributed by atoms with Gasteiger partial charge in [-0.15, -0.1) is 0 Å². The number of likely N-dealkylation sites (N-methyl/N-ethyl adjacent to an activating group) is 1. The van der Waals surface area contributed by atoms with E-state index in [1.54, 1.807) is 39.3 Å². The molecule has 0 bridgehead atoms. The van der Waals surface area contributed by atoms with Crippen molar-refractivity contribution in [2.24, 2.45) is 0 Å². The Kier molecular flexibility index (Phi) is 3.94. The molecule has 1 aliphatic carbocycles. The summed E-state index contributed by atoms with van der Waals surface area (Å²) in [5.41, 5.74) is 2.40. The number of amides is 1. The molecule has 134 valence electrons. The van der Waals surface area contributed by atoms with Crippen LogP contribution in [0.5, 0.6) is 11.5 Å². The number of ether oxygens (including phenoxy) is 5. The number of benzene rings is 1. The zero-order valence-corrected chi connectivity index (χ0v) is 14.6. The molecule has 25 heavy (non-hydrogen) atoms. The van der Waals surface area contributed by atoms with E-state index in [4.69, 9.17) is 23.7 Å². The Morgan fingerprint density at radius 2 is 1.64 bits per heavy atom. The van der Waals surface area contributed by atoms with Gasteiger partial charge in [-0.1, -0.05) is 0 Å². The van der Waals surface area contributed by atoms with Gasteiger partial charge in [0.15, 0.2) is 11.5 Å². The molecule has 0 aromatic heterocycles. The molecule has 0 saturated carbocycles. The third-order valence-corrected chi connectivity index (χ3v) is 5.23. The van der Waals surface area contributed by atoms with Crippen LogP contribution in [0.1, 0.15) is 15.9 Å². The summed E-state index contributed by atoms with van der Waals surface area (Å²) in [5.74, 6) is 1.16. The largest absolute Gasteiger partial charge is 0.454 e. The molecule has 4 atom stereocenters. The highest BCUT2D eigenvalue weighted by atomic mass is 16.7. The Morgan fingerprint density at radius 1 is 1.00 bits per heavy atom. The van der Waals surface area contributed by atoms with Gasteiger partial charge in [-0.2, -0.15) is 0 Å². The second kappa shape index (κ2) is 6.01. The molecule has 4 rings (SSSR count). The molecule has 0 fully saturated rings. The zero-order chi connectivity index (χ0) is 17.7. The summed E-state index contributed by atoms with van der Waals surface area (Å²) in [4.78, 5) is 14.7. The minimum absolute atomic E-state index is 0.0804. The first kappa shape index (κ1) is 16.4. The summed E-state index contributed by atoms with van der Waals surface area (Å²) >= 11 is 0. The number of methoxy groups -OCH3 is 3. The highest BCUT2D eigenvalue weighted by molar-refractivity contribution is 6.05. The quantitative estimate of drug-likeness (QED) is 0.821. The number of hydrogen-bond donors (Lipinski definition) is 0. The molecule has 1 amide bonds. The maximum absolute atomic E-state index is 13.0. The van der Waals surface area contributed by atoms with Crippen LogP contribution in [0.2, 0.25) is 0 Å². The highest BCUT2D eigenvalue weighted by Gasteiger charge is 2.48. The predicted octanol–water partition coefficient (Wildman–Crippen LogP) is 1.31. The van der Waals surface area contributed by atoms with Crippen LogP contribution in [0, 0.1) is 0 Å². The van der Waals surface area contributed by atoms with Crippen LogP contribution in [0.15, 0.2) is 18.2 Å². The minimum atomic E-state index is -0.345. The second-order valence-corrected chi connectivity index (χ2v) is 6.33. The van der Waals surface area contributed by atoms with E-state index in [-0.39, 0.29) is 37.1 Å². The zero-order valence-electron chi connectivity index (χ0n) is 14.6. The van der Waals surface area contributed by atoms with Crippen LogP contribution >= 0.6 is 0 Å². The number of hydrogen-bond acceptors (Lipinski definition) is 6. The summed E-state index contributed by atoms with van der Waals surface area (Å²) in [5, 5.41) is 0. The number of nitrogens with zero attached hydrogens (tertiary/aromatic N) is 1. The van der Waals surface area contributed by atoms with Crippen molar-refractivity contribution in [3.8, 4) is 11.5 Å². The van der Waals surface area contributed by atoms with Gasteiger partial charge in [0.1, 0.15) is 18.3 Å². The van der Waals surface area contributed by atoms with Gasteiger partial charge >= 0.3 is 0 Å². The number of carbonyl (C=O) groups is 1. The molecule has 1 aromatic carbocycles. The summed E-state index contributed by atoms with van der Waals surface area (Å²) in [7, 11) is 6.66. The molecule has 0 radical (unpaired) electrons. The standard InChI is InChI=1S/C18H21NO6/c1-19-15-10(6-14(21-2)16(22-3)17(15)23-4)9-5-12-13(25-8-24-12)7-11(9)18(19)20/h5-7,14-17H,8H2,1-4H3/t14-,15+,16+,17-/m0/s1. The lowest BCUT2D eigenvalue weighted by Crippen LogP contribution is -2.59. The van der Waals surface area contributed by atoms with E-state index < -0.39 is 0 Å². The second-order valence-electron chi connectivity index (χ2n) is 6.33. The normalized spacial score (nSPS) is 30.0. The van der Waals surface area contributed by atoms with Crippen molar-refractivity contribution in [3.05, 3.63) is 29.3 Å². The van der Waals surface area contributed by atoms with Gasteiger partial charge in [0.05, 0.1) is 11.6 Å². The average Bonchev–Trinajstić information content (AvgIpc) is 3.10. The molecule has 0 saturated heterocycles. The van der Waals surface area contributed by atoms with E-state index in [0.717, 1.165) is 11.1 Å². The predicted molar refractivity (Wildman–Crippen MR) is 88.8 cm³/mol. The fraction of sp³-hybridized carbons (Fsp3) is 0.500. The molecule has 0 N–H and O–H groups in total. The monoisotopic (exact) mass is 347 g/mol. The van der Waals surface area contributed by atoms with Crippen molar-refractivity contribution < 1.29 is 28.5 Å². The molecule has 7 nitrogen and oxygen atoms in total. The van der Waals surface area contributed by atoms with E-state index >= 15 is 0 Å². The first-order valence-electron chi connectivity index (χ1n) is 8.12. The molecular formula is C18H21NO6. The number of fused-ring (bicyclic) bond motifs is 4. The molecule has 2 aliphatic heterocycles.